The van der Waals surface area contributed by atoms with Crippen LogP contribution in [-0.2, 0) is 16.0 Å². The van der Waals surface area contributed by atoms with Crippen molar-refractivity contribution >= 4 is 24.2 Å². The van der Waals surface area contributed by atoms with Crippen molar-refractivity contribution in [2.45, 2.75) is 32.2 Å². The number of amides is 2. The van der Waals surface area contributed by atoms with Crippen molar-refractivity contribution in [1.29, 1.82) is 0 Å². The van der Waals surface area contributed by atoms with Crippen molar-refractivity contribution in [2.75, 3.05) is 19.6 Å². The number of carbonyl (C=O) groups is 2. The highest BCUT2D eigenvalue weighted by Crippen LogP contribution is 2.17. The summed E-state index contributed by atoms with van der Waals surface area (Å²) in [6.45, 7) is 3.69. The molecule has 23 heavy (non-hydrogen) atoms. The summed E-state index contributed by atoms with van der Waals surface area (Å²) in [5.41, 5.74) is 7.15. The Morgan fingerprint density at radius 2 is 1.87 bits per heavy atom. The Hall–Kier alpha value is -1.59. The molecule has 1 aliphatic rings. The second-order valence-corrected chi connectivity index (χ2v) is 6.00. The molecule has 5 nitrogen and oxygen atoms in total. The average molecular weight is 340 g/mol. The Bertz CT molecular complexity index is 502. The zero-order chi connectivity index (χ0) is 15.9. The van der Waals surface area contributed by atoms with Gasteiger partial charge in [-0.05, 0) is 30.7 Å². The number of rotatable bonds is 5. The minimum atomic E-state index is -0.478. The lowest BCUT2D eigenvalue weighted by Crippen LogP contribution is -2.48. The molecule has 1 fully saturated rings. The van der Waals surface area contributed by atoms with E-state index in [1.54, 1.807) is 0 Å². The van der Waals surface area contributed by atoms with Gasteiger partial charge in [0.05, 0.1) is 6.04 Å². The number of carbonyl (C=O) groups excluding carboxylic acids is 2. The molecule has 2 rings (SSSR count). The van der Waals surface area contributed by atoms with Gasteiger partial charge in [0.15, 0.2) is 0 Å². The first kappa shape index (κ1) is 19.5. The Morgan fingerprint density at radius 1 is 1.26 bits per heavy atom. The lowest BCUT2D eigenvalue weighted by Gasteiger charge is -2.33. The van der Waals surface area contributed by atoms with Crippen molar-refractivity contribution in [1.82, 2.24) is 10.2 Å². The zero-order valence-corrected chi connectivity index (χ0v) is 14.3. The summed E-state index contributed by atoms with van der Waals surface area (Å²) in [5.74, 6) is 0.489. The van der Waals surface area contributed by atoms with Gasteiger partial charge in [0, 0.05) is 26.6 Å². The molecule has 128 valence electrons. The summed E-state index contributed by atoms with van der Waals surface area (Å²) in [5, 5.41) is 2.85. The highest BCUT2D eigenvalue weighted by Gasteiger charge is 2.26. The number of hydrogen-bond acceptors (Lipinski definition) is 3. The summed E-state index contributed by atoms with van der Waals surface area (Å²) < 4.78 is 0. The van der Waals surface area contributed by atoms with Crippen LogP contribution in [0.3, 0.4) is 0 Å². The summed E-state index contributed by atoms with van der Waals surface area (Å²) in [7, 11) is 0. The zero-order valence-electron chi connectivity index (χ0n) is 13.5. The Morgan fingerprint density at radius 3 is 2.43 bits per heavy atom. The topological polar surface area (TPSA) is 75.4 Å². The lowest BCUT2D eigenvalue weighted by atomic mass is 9.95. The van der Waals surface area contributed by atoms with Crippen molar-refractivity contribution in [2.24, 2.45) is 11.7 Å². The van der Waals surface area contributed by atoms with Crippen LogP contribution in [-0.4, -0.2) is 42.4 Å². The summed E-state index contributed by atoms with van der Waals surface area (Å²) in [6, 6.07) is 9.38. The number of piperidine rings is 1. The van der Waals surface area contributed by atoms with Gasteiger partial charge in [0.25, 0.3) is 0 Å². The second-order valence-electron chi connectivity index (χ2n) is 6.00. The number of nitrogens with two attached hydrogens (primary N) is 1. The molecular weight excluding hydrogens is 314 g/mol. The molecule has 1 atom stereocenters. The first-order valence-electron chi connectivity index (χ1n) is 7.89. The molecule has 2 amide bonds. The van der Waals surface area contributed by atoms with E-state index < -0.39 is 6.04 Å². The fraction of sp³-hybridized carbons (Fsp3) is 0.529. The summed E-state index contributed by atoms with van der Waals surface area (Å²) in [4.78, 5) is 25.2. The molecule has 0 aliphatic carbocycles. The second kappa shape index (κ2) is 9.53. The highest BCUT2D eigenvalue weighted by molar-refractivity contribution is 5.85. The molecule has 0 spiro atoms. The highest BCUT2D eigenvalue weighted by atomic mass is 35.5. The maximum Gasteiger partial charge on any atom is 0.239 e. The summed E-state index contributed by atoms with van der Waals surface area (Å²) in [6.07, 6.45) is 2.42. The molecule has 0 saturated carbocycles. The number of likely N-dealkylation sites (tertiary alicyclic amines) is 1. The van der Waals surface area contributed by atoms with Crippen LogP contribution in [0, 0.1) is 5.92 Å². The van der Waals surface area contributed by atoms with E-state index in [1.807, 2.05) is 35.2 Å². The van der Waals surface area contributed by atoms with Crippen molar-refractivity contribution < 1.29 is 9.59 Å². The van der Waals surface area contributed by atoms with Gasteiger partial charge in [-0.3, -0.25) is 9.59 Å². The van der Waals surface area contributed by atoms with Crippen LogP contribution in [0.4, 0.5) is 0 Å². The maximum absolute atomic E-state index is 12.4. The summed E-state index contributed by atoms with van der Waals surface area (Å²) >= 11 is 0. The SMILES string of the molecule is CC(=O)NCC1CCN(C(=O)C(N)Cc2ccccc2)CC1.Cl. The van der Waals surface area contributed by atoms with Gasteiger partial charge in [-0.2, -0.15) is 0 Å². The Kier molecular flexibility index (Phi) is 8.06. The van der Waals surface area contributed by atoms with E-state index in [0.717, 1.165) is 31.5 Å². The number of nitrogens with zero attached hydrogens (tertiary/aromatic N) is 1. The van der Waals surface area contributed by atoms with Gasteiger partial charge in [-0.15, -0.1) is 12.4 Å². The standard InChI is InChI=1S/C17H25N3O2.ClH/c1-13(21)19-12-15-7-9-20(10-8-15)17(22)16(18)11-14-5-3-2-4-6-14;/h2-6,15-16H,7-12,18H2,1H3,(H,19,21);1H. The first-order valence-corrected chi connectivity index (χ1v) is 7.89. The van der Waals surface area contributed by atoms with Crippen molar-refractivity contribution in [3.63, 3.8) is 0 Å². The molecule has 0 aromatic heterocycles. The predicted molar refractivity (Wildman–Crippen MR) is 93.4 cm³/mol. The molecule has 1 saturated heterocycles. The van der Waals surface area contributed by atoms with Crippen molar-refractivity contribution in [3.8, 4) is 0 Å². The maximum atomic E-state index is 12.4. The fourth-order valence-electron chi connectivity index (χ4n) is 2.84. The third-order valence-corrected chi connectivity index (χ3v) is 4.18. The molecule has 1 aromatic carbocycles. The molecule has 1 aliphatic heterocycles. The van der Waals surface area contributed by atoms with E-state index in [1.165, 1.54) is 6.92 Å². The molecule has 0 radical (unpaired) electrons. The lowest BCUT2D eigenvalue weighted by molar-refractivity contribution is -0.134. The molecular formula is C17H26ClN3O2. The van der Waals surface area contributed by atoms with Gasteiger partial charge in [-0.25, -0.2) is 0 Å². The predicted octanol–water partition coefficient (Wildman–Crippen LogP) is 1.35. The largest absolute Gasteiger partial charge is 0.356 e. The van der Waals surface area contributed by atoms with Gasteiger partial charge in [-0.1, -0.05) is 30.3 Å². The van der Waals surface area contributed by atoms with Gasteiger partial charge in [0.2, 0.25) is 11.8 Å². The minimum absolute atomic E-state index is 0. The molecule has 3 N–H and O–H groups in total. The molecule has 1 heterocycles. The molecule has 1 unspecified atom stereocenters. The van der Waals surface area contributed by atoms with E-state index in [0.29, 0.717) is 18.9 Å². The van der Waals surface area contributed by atoms with E-state index in [4.69, 9.17) is 5.73 Å². The molecule has 1 aromatic rings. The van der Waals surface area contributed by atoms with Crippen LogP contribution in [0.2, 0.25) is 0 Å². The van der Waals surface area contributed by atoms with Gasteiger partial charge < -0.3 is 16.0 Å². The minimum Gasteiger partial charge on any atom is -0.356 e. The van der Waals surface area contributed by atoms with E-state index >= 15 is 0 Å². The number of hydrogen-bond donors (Lipinski definition) is 2. The quantitative estimate of drug-likeness (QED) is 0.850. The van der Waals surface area contributed by atoms with Crippen LogP contribution in [0.1, 0.15) is 25.3 Å². The Balaban J connectivity index is 0.00000264. The van der Waals surface area contributed by atoms with E-state index in [2.05, 4.69) is 5.32 Å². The number of benzene rings is 1. The normalized spacial score (nSPS) is 16.3. The monoisotopic (exact) mass is 339 g/mol. The third-order valence-electron chi connectivity index (χ3n) is 4.18. The van der Waals surface area contributed by atoms with E-state index in [9.17, 15) is 9.59 Å². The van der Waals surface area contributed by atoms with Crippen LogP contribution in [0.15, 0.2) is 30.3 Å². The van der Waals surface area contributed by atoms with Crippen LogP contribution in [0.5, 0.6) is 0 Å². The molecule has 6 heteroatoms. The van der Waals surface area contributed by atoms with Crippen LogP contribution < -0.4 is 11.1 Å². The fourth-order valence-corrected chi connectivity index (χ4v) is 2.84. The first-order chi connectivity index (χ1) is 10.6. The van der Waals surface area contributed by atoms with Gasteiger partial charge >= 0.3 is 0 Å². The number of nitrogens with one attached hydrogen (secondary N) is 1. The van der Waals surface area contributed by atoms with Crippen LogP contribution in [0.25, 0.3) is 0 Å². The smallest absolute Gasteiger partial charge is 0.239 e. The van der Waals surface area contributed by atoms with Gasteiger partial charge in [0.1, 0.15) is 0 Å². The molecule has 0 bridgehead atoms. The van der Waals surface area contributed by atoms with Crippen LogP contribution >= 0.6 is 12.4 Å². The average Bonchev–Trinajstić information content (AvgIpc) is 2.53. The Labute approximate surface area is 144 Å². The van der Waals surface area contributed by atoms with E-state index in [-0.39, 0.29) is 24.2 Å². The number of halogens is 1. The third kappa shape index (κ3) is 6.20. The van der Waals surface area contributed by atoms with Crippen molar-refractivity contribution in [3.05, 3.63) is 35.9 Å².